The highest BCUT2D eigenvalue weighted by atomic mass is 16.3. The highest BCUT2D eigenvalue weighted by Gasteiger charge is 2.04. The molecule has 0 aliphatic heterocycles. The van der Waals surface area contributed by atoms with Crippen LogP contribution in [0.4, 0.5) is 5.82 Å². The lowest BCUT2D eigenvalue weighted by molar-refractivity contribution is 0.164. The fraction of sp³-hybridized carbons (Fsp3) is 0.417. The van der Waals surface area contributed by atoms with Gasteiger partial charge in [0.25, 0.3) is 0 Å². The SMILES string of the molecule is CCC(O)CCNc1ncnc2ncccc12. The van der Waals surface area contributed by atoms with Crippen LogP contribution in [-0.4, -0.2) is 32.7 Å². The number of pyridine rings is 1. The minimum atomic E-state index is -0.256. The topological polar surface area (TPSA) is 70.9 Å². The second-order valence-corrected chi connectivity index (χ2v) is 3.87. The molecule has 17 heavy (non-hydrogen) atoms. The summed E-state index contributed by atoms with van der Waals surface area (Å²) >= 11 is 0. The number of hydrogen-bond acceptors (Lipinski definition) is 5. The first-order chi connectivity index (χ1) is 8.31. The van der Waals surface area contributed by atoms with Gasteiger partial charge in [-0.1, -0.05) is 6.92 Å². The maximum Gasteiger partial charge on any atom is 0.164 e. The average Bonchev–Trinajstić information content (AvgIpc) is 2.39. The Hall–Kier alpha value is -1.75. The zero-order chi connectivity index (χ0) is 12.1. The third kappa shape index (κ3) is 2.88. The first kappa shape index (κ1) is 11.7. The largest absolute Gasteiger partial charge is 0.393 e. The summed E-state index contributed by atoms with van der Waals surface area (Å²) in [6.45, 7) is 2.66. The van der Waals surface area contributed by atoms with Crippen LogP contribution in [0.3, 0.4) is 0 Å². The highest BCUT2D eigenvalue weighted by molar-refractivity contribution is 5.85. The van der Waals surface area contributed by atoms with Gasteiger partial charge in [-0.15, -0.1) is 0 Å². The number of nitrogens with zero attached hydrogens (tertiary/aromatic N) is 3. The number of rotatable bonds is 5. The molecule has 0 spiro atoms. The van der Waals surface area contributed by atoms with Gasteiger partial charge in [0, 0.05) is 12.7 Å². The van der Waals surface area contributed by atoms with E-state index >= 15 is 0 Å². The zero-order valence-corrected chi connectivity index (χ0v) is 9.80. The van der Waals surface area contributed by atoms with Crippen LogP contribution < -0.4 is 5.32 Å². The average molecular weight is 232 g/mol. The van der Waals surface area contributed by atoms with Crippen LogP contribution in [0.2, 0.25) is 0 Å². The van der Waals surface area contributed by atoms with E-state index in [0.29, 0.717) is 18.6 Å². The van der Waals surface area contributed by atoms with Gasteiger partial charge in [0.2, 0.25) is 0 Å². The third-order valence-electron chi connectivity index (χ3n) is 2.65. The van der Waals surface area contributed by atoms with E-state index in [-0.39, 0.29) is 6.10 Å². The van der Waals surface area contributed by atoms with Gasteiger partial charge in [0.1, 0.15) is 12.1 Å². The minimum Gasteiger partial charge on any atom is -0.393 e. The second-order valence-electron chi connectivity index (χ2n) is 3.87. The molecule has 2 aromatic heterocycles. The van der Waals surface area contributed by atoms with Gasteiger partial charge in [-0.3, -0.25) is 0 Å². The number of nitrogens with one attached hydrogen (secondary N) is 1. The van der Waals surface area contributed by atoms with Gasteiger partial charge >= 0.3 is 0 Å². The highest BCUT2D eigenvalue weighted by Crippen LogP contribution is 2.16. The van der Waals surface area contributed by atoms with Crippen LogP contribution >= 0.6 is 0 Å². The number of aromatic nitrogens is 3. The van der Waals surface area contributed by atoms with E-state index in [0.717, 1.165) is 17.6 Å². The Morgan fingerprint density at radius 1 is 1.35 bits per heavy atom. The Morgan fingerprint density at radius 2 is 2.24 bits per heavy atom. The fourth-order valence-corrected chi connectivity index (χ4v) is 1.60. The molecule has 2 heterocycles. The van der Waals surface area contributed by atoms with Crippen LogP contribution in [0.1, 0.15) is 19.8 Å². The summed E-state index contributed by atoms with van der Waals surface area (Å²) in [7, 11) is 0. The van der Waals surface area contributed by atoms with Crippen molar-refractivity contribution < 1.29 is 5.11 Å². The maximum atomic E-state index is 9.46. The Labute approximate surface area is 99.9 Å². The second kappa shape index (κ2) is 5.54. The normalized spacial score (nSPS) is 12.6. The van der Waals surface area contributed by atoms with Crippen molar-refractivity contribution in [3.63, 3.8) is 0 Å². The van der Waals surface area contributed by atoms with Crippen molar-refractivity contribution in [3.05, 3.63) is 24.7 Å². The van der Waals surface area contributed by atoms with Gasteiger partial charge in [-0.05, 0) is 25.0 Å². The van der Waals surface area contributed by atoms with Crippen LogP contribution in [0, 0.1) is 0 Å². The first-order valence-corrected chi connectivity index (χ1v) is 5.79. The molecule has 1 atom stereocenters. The van der Waals surface area contributed by atoms with E-state index < -0.39 is 0 Å². The molecule has 2 N–H and O–H groups in total. The molecular formula is C12H16N4O. The number of hydrogen-bond donors (Lipinski definition) is 2. The first-order valence-electron chi connectivity index (χ1n) is 5.79. The number of aliphatic hydroxyl groups is 1. The zero-order valence-electron chi connectivity index (χ0n) is 9.80. The minimum absolute atomic E-state index is 0.256. The maximum absolute atomic E-state index is 9.46. The summed E-state index contributed by atoms with van der Waals surface area (Å²) in [4.78, 5) is 12.4. The third-order valence-corrected chi connectivity index (χ3v) is 2.65. The van der Waals surface area contributed by atoms with E-state index in [4.69, 9.17) is 0 Å². The van der Waals surface area contributed by atoms with E-state index in [1.165, 1.54) is 6.33 Å². The van der Waals surface area contributed by atoms with Gasteiger partial charge < -0.3 is 10.4 Å². The lowest BCUT2D eigenvalue weighted by Crippen LogP contribution is -2.13. The quantitative estimate of drug-likeness (QED) is 0.819. The summed E-state index contributed by atoms with van der Waals surface area (Å²) in [6.07, 6.45) is 4.43. The fourth-order valence-electron chi connectivity index (χ4n) is 1.60. The van der Waals surface area contributed by atoms with Gasteiger partial charge in [-0.25, -0.2) is 15.0 Å². The number of fused-ring (bicyclic) bond motifs is 1. The summed E-state index contributed by atoms with van der Waals surface area (Å²) in [5.41, 5.74) is 0.682. The van der Waals surface area contributed by atoms with Crippen molar-refractivity contribution in [2.45, 2.75) is 25.9 Å². The molecule has 0 radical (unpaired) electrons. The van der Waals surface area contributed by atoms with Crippen molar-refractivity contribution in [2.24, 2.45) is 0 Å². The molecule has 2 aromatic rings. The smallest absolute Gasteiger partial charge is 0.164 e. The summed E-state index contributed by atoms with van der Waals surface area (Å²) in [5.74, 6) is 0.770. The lowest BCUT2D eigenvalue weighted by atomic mass is 10.2. The standard InChI is InChI=1S/C12H16N4O/c1-2-9(17)5-7-14-12-10-4-3-6-13-11(10)15-8-16-12/h3-4,6,8-9,17H,2,5,7H2,1H3,(H,13,14,15,16). The molecule has 0 saturated heterocycles. The molecule has 90 valence electrons. The number of anilines is 1. The predicted molar refractivity (Wildman–Crippen MR) is 66.7 cm³/mol. The molecule has 0 aromatic carbocycles. The monoisotopic (exact) mass is 232 g/mol. The van der Waals surface area contributed by atoms with Crippen molar-refractivity contribution >= 4 is 16.9 Å². The van der Waals surface area contributed by atoms with Crippen molar-refractivity contribution in [1.29, 1.82) is 0 Å². The Morgan fingerprint density at radius 3 is 3.06 bits per heavy atom. The van der Waals surface area contributed by atoms with Crippen molar-refractivity contribution in [2.75, 3.05) is 11.9 Å². The summed E-state index contributed by atoms with van der Waals surface area (Å²) in [6, 6.07) is 3.79. The van der Waals surface area contributed by atoms with Crippen LogP contribution in [0.25, 0.3) is 11.0 Å². The molecule has 0 amide bonds. The summed E-state index contributed by atoms with van der Waals surface area (Å²) in [5, 5.41) is 13.6. The van der Waals surface area contributed by atoms with Crippen LogP contribution in [0.15, 0.2) is 24.7 Å². The number of aliphatic hydroxyl groups excluding tert-OH is 1. The van der Waals surface area contributed by atoms with Gasteiger partial charge in [-0.2, -0.15) is 0 Å². The molecular weight excluding hydrogens is 216 g/mol. The summed E-state index contributed by atoms with van der Waals surface area (Å²) < 4.78 is 0. The molecule has 2 rings (SSSR count). The van der Waals surface area contributed by atoms with Gasteiger partial charge in [0.15, 0.2) is 5.65 Å². The molecule has 5 nitrogen and oxygen atoms in total. The molecule has 0 fully saturated rings. The van der Waals surface area contributed by atoms with Gasteiger partial charge in [0.05, 0.1) is 11.5 Å². The Kier molecular flexibility index (Phi) is 3.82. The van der Waals surface area contributed by atoms with E-state index in [1.807, 2.05) is 19.1 Å². The Balaban J connectivity index is 2.08. The van der Waals surface area contributed by atoms with E-state index in [2.05, 4.69) is 20.3 Å². The van der Waals surface area contributed by atoms with Crippen molar-refractivity contribution in [3.8, 4) is 0 Å². The van der Waals surface area contributed by atoms with Crippen LogP contribution in [-0.2, 0) is 0 Å². The molecule has 0 saturated carbocycles. The van der Waals surface area contributed by atoms with Crippen LogP contribution in [0.5, 0.6) is 0 Å². The van der Waals surface area contributed by atoms with E-state index in [9.17, 15) is 5.11 Å². The predicted octanol–water partition coefficient (Wildman–Crippen LogP) is 1.60. The van der Waals surface area contributed by atoms with E-state index in [1.54, 1.807) is 6.20 Å². The molecule has 0 aliphatic carbocycles. The molecule has 5 heteroatoms. The molecule has 0 bridgehead atoms. The molecule has 0 aliphatic rings. The Bertz CT molecular complexity index is 483. The molecule has 1 unspecified atom stereocenters. The van der Waals surface area contributed by atoms with Crippen molar-refractivity contribution in [1.82, 2.24) is 15.0 Å². The lowest BCUT2D eigenvalue weighted by Gasteiger charge is -2.10.